The van der Waals surface area contributed by atoms with Crippen molar-refractivity contribution in [3.05, 3.63) is 5.01 Å². The van der Waals surface area contributed by atoms with Gasteiger partial charge >= 0.3 is 0 Å². The molecule has 1 fully saturated rings. The molecule has 0 radical (unpaired) electrons. The van der Waals surface area contributed by atoms with Gasteiger partial charge in [-0.15, -0.1) is 10.2 Å². The van der Waals surface area contributed by atoms with Crippen molar-refractivity contribution in [2.75, 3.05) is 16.8 Å². The van der Waals surface area contributed by atoms with E-state index in [0.29, 0.717) is 6.04 Å². The third kappa shape index (κ3) is 2.60. The van der Waals surface area contributed by atoms with E-state index in [1.165, 1.54) is 24.3 Å². The summed E-state index contributed by atoms with van der Waals surface area (Å²) in [6, 6.07) is 0.619. The van der Waals surface area contributed by atoms with E-state index in [-0.39, 0.29) is 0 Å². The van der Waals surface area contributed by atoms with E-state index < -0.39 is 0 Å². The zero-order valence-corrected chi connectivity index (χ0v) is 9.96. The summed E-state index contributed by atoms with van der Waals surface area (Å²) >= 11 is 3.73. The molecule has 0 unspecified atom stereocenters. The van der Waals surface area contributed by atoms with E-state index in [1.807, 2.05) is 11.8 Å². The van der Waals surface area contributed by atoms with E-state index in [0.717, 1.165) is 16.6 Å². The van der Waals surface area contributed by atoms with Crippen LogP contribution in [-0.2, 0) is 6.42 Å². The lowest BCUT2D eigenvalue weighted by molar-refractivity contribution is 0.665. The van der Waals surface area contributed by atoms with Crippen LogP contribution in [0.25, 0.3) is 0 Å². The van der Waals surface area contributed by atoms with Crippen LogP contribution in [0, 0.1) is 0 Å². The van der Waals surface area contributed by atoms with Gasteiger partial charge in [-0.05, 0) is 30.8 Å². The van der Waals surface area contributed by atoms with Gasteiger partial charge in [-0.25, -0.2) is 0 Å². The number of anilines is 1. The SMILES string of the molecule is CCc1nnc(NC2CCSCC2)s1. The Morgan fingerprint density at radius 2 is 2.14 bits per heavy atom. The monoisotopic (exact) mass is 229 g/mol. The van der Waals surface area contributed by atoms with Crippen molar-refractivity contribution in [1.29, 1.82) is 0 Å². The summed E-state index contributed by atoms with van der Waals surface area (Å²) in [7, 11) is 0. The predicted octanol–water partition coefficient (Wildman–Crippen LogP) is 2.41. The number of nitrogens with one attached hydrogen (secondary N) is 1. The van der Waals surface area contributed by atoms with Gasteiger partial charge in [0.15, 0.2) is 0 Å². The van der Waals surface area contributed by atoms with Gasteiger partial charge in [-0.3, -0.25) is 0 Å². The molecular formula is C9H15N3S2. The molecule has 1 aromatic heterocycles. The Morgan fingerprint density at radius 3 is 2.79 bits per heavy atom. The summed E-state index contributed by atoms with van der Waals surface area (Å²) in [5.74, 6) is 2.55. The highest BCUT2D eigenvalue weighted by Gasteiger charge is 2.14. The second kappa shape index (κ2) is 4.98. The van der Waals surface area contributed by atoms with Crippen LogP contribution in [0.1, 0.15) is 24.8 Å². The van der Waals surface area contributed by atoms with Gasteiger partial charge < -0.3 is 5.32 Å². The normalized spacial score (nSPS) is 18.4. The van der Waals surface area contributed by atoms with Crippen LogP contribution in [-0.4, -0.2) is 27.7 Å². The van der Waals surface area contributed by atoms with Crippen molar-refractivity contribution >= 4 is 28.2 Å². The average molecular weight is 229 g/mol. The van der Waals surface area contributed by atoms with Crippen molar-refractivity contribution in [1.82, 2.24) is 10.2 Å². The minimum atomic E-state index is 0.619. The maximum absolute atomic E-state index is 4.13. The van der Waals surface area contributed by atoms with E-state index in [1.54, 1.807) is 11.3 Å². The lowest BCUT2D eigenvalue weighted by Gasteiger charge is -2.21. The molecule has 78 valence electrons. The predicted molar refractivity (Wildman–Crippen MR) is 63.3 cm³/mol. The molecule has 2 heterocycles. The Balaban J connectivity index is 1.89. The van der Waals surface area contributed by atoms with Crippen molar-refractivity contribution in [2.24, 2.45) is 0 Å². The molecule has 1 aliphatic rings. The zero-order chi connectivity index (χ0) is 9.80. The first-order chi connectivity index (χ1) is 6.88. The minimum absolute atomic E-state index is 0.619. The van der Waals surface area contributed by atoms with Crippen molar-refractivity contribution < 1.29 is 0 Å². The summed E-state index contributed by atoms with van der Waals surface area (Å²) in [5, 5.41) is 13.8. The Bertz CT molecular complexity index is 281. The first-order valence-electron chi connectivity index (χ1n) is 5.05. The van der Waals surface area contributed by atoms with Crippen LogP contribution in [0.3, 0.4) is 0 Å². The fourth-order valence-electron chi connectivity index (χ4n) is 1.47. The second-order valence-corrected chi connectivity index (χ2v) is 5.67. The van der Waals surface area contributed by atoms with Crippen LogP contribution >= 0.6 is 23.1 Å². The van der Waals surface area contributed by atoms with E-state index in [9.17, 15) is 0 Å². The molecule has 1 aliphatic heterocycles. The van der Waals surface area contributed by atoms with Crippen molar-refractivity contribution in [2.45, 2.75) is 32.2 Å². The molecule has 14 heavy (non-hydrogen) atoms. The maximum Gasteiger partial charge on any atom is 0.205 e. The molecule has 1 N–H and O–H groups in total. The van der Waals surface area contributed by atoms with Crippen LogP contribution in [0.5, 0.6) is 0 Å². The highest BCUT2D eigenvalue weighted by molar-refractivity contribution is 7.99. The molecule has 0 amide bonds. The summed E-state index contributed by atoms with van der Waals surface area (Å²) in [5.41, 5.74) is 0. The Kier molecular flexibility index (Phi) is 3.64. The van der Waals surface area contributed by atoms with Crippen LogP contribution in [0.15, 0.2) is 0 Å². The molecule has 0 saturated carbocycles. The van der Waals surface area contributed by atoms with Gasteiger partial charge in [0.05, 0.1) is 0 Å². The smallest absolute Gasteiger partial charge is 0.205 e. The molecule has 0 spiro atoms. The molecule has 3 nitrogen and oxygen atoms in total. The van der Waals surface area contributed by atoms with Gasteiger partial charge in [-0.2, -0.15) is 11.8 Å². The van der Waals surface area contributed by atoms with Gasteiger partial charge in [0, 0.05) is 6.04 Å². The number of thioether (sulfide) groups is 1. The largest absolute Gasteiger partial charge is 0.357 e. The fraction of sp³-hybridized carbons (Fsp3) is 0.778. The van der Waals surface area contributed by atoms with E-state index in [2.05, 4.69) is 22.4 Å². The standard InChI is InChI=1S/C9H15N3S2/c1-2-8-11-12-9(14-8)10-7-3-5-13-6-4-7/h7H,2-6H2,1H3,(H,10,12). The Labute approximate surface area is 92.7 Å². The summed E-state index contributed by atoms with van der Waals surface area (Å²) < 4.78 is 0. The molecule has 1 saturated heterocycles. The average Bonchev–Trinajstić information content (AvgIpc) is 2.67. The van der Waals surface area contributed by atoms with Gasteiger partial charge in [0.25, 0.3) is 0 Å². The lowest BCUT2D eigenvalue weighted by Crippen LogP contribution is -2.24. The van der Waals surface area contributed by atoms with E-state index in [4.69, 9.17) is 0 Å². The number of aromatic nitrogens is 2. The second-order valence-electron chi connectivity index (χ2n) is 3.39. The molecule has 0 atom stereocenters. The number of nitrogens with zero attached hydrogens (tertiary/aromatic N) is 2. The molecule has 0 aliphatic carbocycles. The van der Waals surface area contributed by atoms with Crippen LogP contribution in [0.2, 0.25) is 0 Å². The number of aryl methyl sites for hydroxylation is 1. The summed E-state index contributed by atoms with van der Waals surface area (Å²) in [4.78, 5) is 0. The molecule has 2 rings (SSSR count). The third-order valence-corrected chi connectivity index (χ3v) is 4.37. The molecular weight excluding hydrogens is 214 g/mol. The number of hydrogen-bond acceptors (Lipinski definition) is 5. The van der Waals surface area contributed by atoms with Crippen molar-refractivity contribution in [3.8, 4) is 0 Å². The topological polar surface area (TPSA) is 37.8 Å². The highest BCUT2D eigenvalue weighted by atomic mass is 32.2. The number of rotatable bonds is 3. The minimum Gasteiger partial charge on any atom is -0.357 e. The van der Waals surface area contributed by atoms with Gasteiger partial charge in [0.2, 0.25) is 5.13 Å². The fourth-order valence-corrected chi connectivity index (χ4v) is 3.33. The molecule has 0 bridgehead atoms. The van der Waals surface area contributed by atoms with Crippen LogP contribution < -0.4 is 5.32 Å². The van der Waals surface area contributed by atoms with E-state index >= 15 is 0 Å². The van der Waals surface area contributed by atoms with Crippen molar-refractivity contribution in [3.63, 3.8) is 0 Å². The first kappa shape index (κ1) is 10.2. The molecule has 1 aromatic rings. The lowest BCUT2D eigenvalue weighted by atomic mass is 10.2. The van der Waals surface area contributed by atoms with Gasteiger partial charge in [0.1, 0.15) is 5.01 Å². The third-order valence-electron chi connectivity index (χ3n) is 2.32. The van der Waals surface area contributed by atoms with Gasteiger partial charge in [-0.1, -0.05) is 18.3 Å². The molecule has 5 heteroatoms. The molecule has 0 aromatic carbocycles. The van der Waals surface area contributed by atoms with Crippen LogP contribution in [0.4, 0.5) is 5.13 Å². The maximum atomic E-state index is 4.13. The summed E-state index contributed by atoms with van der Waals surface area (Å²) in [6.45, 7) is 2.11. The quantitative estimate of drug-likeness (QED) is 0.863. The first-order valence-corrected chi connectivity index (χ1v) is 7.02. The Morgan fingerprint density at radius 1 is 1.36 bits per heavy atom. The summed E-state index contributed by atoms with van der Waals surface area (Å²) in [6.07, 6.45) is 3.50. The highest BCUT2D eigenvalue weighted by Crippen LogP contribution is 2.22. The zero-order valence-electron chi connectivity index (χ0n) is 8.32. The number of hydrogen-bond donors (Lipinski definition) is 1. The Hall–Kier alpha value is -0.290.